The molecule has 0 N–H and O–H groups in total. The summed E-state index contributed by atoms with van der Waals surface area (Å²) >= 11 is 0. The van der Waals surface area contributed by atoms with E-state index in [-0.39, 0.29) is 5.41 Å². The van der Waals surface area contributed by atoms with Gasteiger partial charge in [-0.2, -0.15) is 0 Å². The Kier molecular flexibility index (Phi) is 4.82. The molecule has 0 spiro atoms. The molecule has 1 aliphatic rings. The van der Waals surface area contributed by atoms with Crippen molar-refractivity contribution in [3.05, 3.63) is 54.6 Å². The van der Waals surface area contributed by atoms with Crippen LogP contribution in [0.4, 0.5) is 0 Å². The number of piperidine rings is 1. The Balaban J connectivity index is 2.16. The topological polar surface area (TPSA) is 3.24 Å². The van der Waals surface area contributed by atoms with Gasteiger partial charge in [0.1, 0.15) is 0 Å². The number of likely N-dealkylation sites (tertiary alicyclic amines) is 1. The quantitative estimate of drug-likeness (QED) is 0.703. The van der Waals surface area contributed by atoms with Gasteiger partial charge < -0.3 is 4.90 Å². The maximum atomic E-state index is 4.13. The van der Waals surface area contributed by atoms with Gasteiger partial charge in [0.2, 0.25) is 0 Å². The predicted octanol–water partition coefficient (Wildman–Crippen LogP) is 4.65. The molecule has 1 aliphatic heterocycles. The third kappa shape index (κ3) is 3.04. The molecule has 1 aromatic rings. The lowest BCUT2D eigenvalue weighted by Crippen LogP contribution is -2.41. The zero-order chi connectivity index (χ0) is 14.6. The summed E-state index contributed by atoms with van der Waals surface area (Å²) in [5.41, 5.74) is 3.93. The van der Waals surface area contributed by atoms with Gasteiger partial charge in [0.25, 0.3) is 0 Å². The van der Waals surface area contributed by atoms with Crippen LogP contribution < -0.4 is 0 Å². The van der Waals surface area contributed by atoms with Crippen molar-refractivity contribution in [1.29, 1.82) is 0 Å². The maximum Gasteiger partial charge on any atom is 0.0154 e. The lowest BCUT2D eigenvalue weighted by Gasteiger charge is -2.40. The summed E-state index contributed by atoms with van der Waals surface area (Å²) in [5.74, 6) is 0. The first-order valence-corrected chi connectivity index (χ1v) is 7.73. The van der Waals surface area contributed by atoms with Crippen molar-refractivity contribution in [3.8, 4) is 0 Å². The van der Waals surface area contributed by atoms with Crippen molar-refractivity contribution in [2.24, 2.45) is 0 Å². The summed E-state index contributed by atoms with van der Waals surface area (Å²) in [6, 6.07) is 8.92. The fraction of sp³-hybridized carbons (Fsp3) is 0.474. The molecule has 0 bridgehead atoms. The van der Waals surface area contributed by atoms with Crippen molar-refractivity contribution in [1.82, 2.24) is 4.90 Å². The van der Waals surface area contributed by atoms with Crippen LogP contribution in [0, 0.1) is 0 Å². The smallest absolute Gasteiger partial charge is 0.0154 e. The highest BCUT2D eigenvalue weighted by molar-refractivity contribution is 5.61. The van der Waals surface area contributed by atoms with E-state index >= 15 is 0 Å². The molecule has 0 amide bonds. The summed E-state index contributed by atoms with van der Waals surface area (Å²) in [7, 11) is 0. The highest BCUT2D eigenvalue weighted by Gasteiger charge is 2.33. The van der Waals surface area contributed by atoms with Gasteiger partial charge in [-0.1, -0.05) is 49.4 Å². The van der Waals surface area contributed by atoms with E-state index in [1.165, 1.54) is 50.0 Å². The minimum absolute atomic E-state index is 0.165. The second-order valence-electron chi connectivity index (χ2n) is 6.06. The highest BCUT2D eigenvalue weighted by Crippen LogP contribution is 2.37. The standard InChI is InChI=1S/C19H27N/c1-5-13-20-14-11-19(6-2,12-15-20)18-9-7-17(8-10-18)16(3)4/h6-10H,2-3,5,11-15H2,1,4H3. The second kappa shape index (κ2) is 6.41. The molecule has 0 aromatic heterocycles. The van der Waals surface area contributed by atoms with Gasteiger partial charge in [-0.15, -0.1) is 6.58 Å². The molecule has 1 heterocycles. The molecule has 2 rings (SSSR count). The molecule has 0 saturated carbocycles. The van der Waals surface area contributed by atoms with E-state index in [0.29, 0.717) is 0 Å². The first-order chi connectivity index (χ1) is 9.61. The van der Waals surface area contributed by atoms with Crippen LogP contribution in [0.3, 0.4) is 0 Å². The molecule has 1 saturated heterocycles. The van der Waals surface area contributed by atoms with Crippen LogP contribution >= 0.6 is 0 Å². The van der Waals surface area contributed by atoms with Gasteiger partial charge in [-0.05, 0) is 56.9 Å². The van der Waals surface area contributed by atoms with Gasteiger partial charge in [0, 0.05) is 5.41 Å². The second-order valence-corrected chi connectivity index (χ2v) is 6.06. The zero-order valence-electron chi connectivity index (χ0n) is 13.0. The van der Waals surface area contributed by atoms with Crippen LogP contribution in [0.5, 0.6) is 0 Å². The average molecular weight is 269 g/mol. The van der Waals surface area contributed by atoms with E-state index in [4.69, 9.17) is 0 Å². The molecule has 20 heavy (non-hydrogen) atoms. The molecule has 108 valence electrons. The summed E-state index contributed by atoms with van der Waals surface area (Å²) < 4.78 is 0. The summed E-state index contributed by atoms with van der Waals surface area (Å²) in [6.45, 7) is 16.0. The molecule has 1 heteroatoms. The molecule has 1 fully saturated rings. The van der Waals surface area contributed by atoms with Gasteiger partial charge in [-0.25, -0.2) is 0 Å². The zero-order valence-corrected chi connectivity index (χ0v) is 13.0. The number of rotatable bonds is 5. The number of allylic oxidation sites excluding steroid dienone is 2. The Labute approximate surface area is 124 Å². The van der Waals surface area contributed by atoms with E-state index < -0.39 is 0 Å². The molecule has 0 atom stereocenters. The molecule has 0 radical (unpaired) electrons. The Morgan fingerprint density at radius 3 is 2.30 bits per heavy atom. The molecule has 0 unspecified atom stereocenters. The van der Waals surface area contributed by atoms with Crippen molar-refractivity contribution in [2.45, 2.75) is 38.5 Å². The normalized spacial score (nSPS) is 18.7. The lowest BCUT2D eigenvalue weighted by atomic mass is 9.72. The minimum atomic E-state index is 0.165. The fourth-order valence-electron chi connectivity index (χ4n) is 3.19. The number of hydrogen-bond acceptors (Lipinski definition) is 1. The lowest BCUT2D eigenvalue weighted by molar-refractivity contribution is 0.183. The minimum Gasteiger partial charge on any atom is -0.303 e. The van der Waals surface area contributed by atoms with E-state index in [1.54, 1.807) is 0 Å². The third-order valence-corrected chi connectivity index (χ3v) is 4.63. The number of nitrogens with zero attached hydrogens (tertiary/aromatic N) is 1. The molecule has 0 aliphatic carbocycles. The average Bonchev–Trinajstić information content (AvgIpc) is 2.49. The van der Waals surface area contributed by atoms with Crippen LogP contribution in [0.1, 0.15) is 44.2 Å². The molecule has 1 nitrogen and oxygen atoms in total. The van der Waals surface area contributed by atoms with Crippen LogP contribution in [0.25, 0.3) is 5.57 Å². The third-order valence-electron chi connectivity index (χ3n) is 4.63. The van der Waals surface area contributed by atoms with E-state index in [0.717, 1.165) is 5.57 Å². The molecular weight excluding hydrogens is 242 g/mol. The monoisotopic (exact) mass is 269 g/mol. The summed E-state index contributed by atoms with van der Waals surface area (Å²) in [4.78, 5) is 2.57. The summed E-state index contributed by atoms with van der Waals surface area (Å²) in [6.07, 6.45) is 5.78. The molecular formula is C19H27N. The fourth-order valence-corrected chi connectivity index (χ4v) is 3.19. The van der Waals surface area contributed by atoms with E-state index in [2.05, 4.69) is 62.2 Å². The van der Waals surface area contributed by atoms with Crippen LogP contribution in [-0.2, 0) is 5.41 Å². The van der Waals surface area contributed by atoms with Gasteiger partial charge >= 0.3 is 0 Å². The van der Waals surface area contributed by atoms with Crippen molar-refractivity contribution >= 4 is 5.57 Å². The predicted molar refractivity (Wildman–Crippen MR) is 89.0 cm³/mol. The highest BCUT2D eigenvalue weighted by atomic mass is 15.1. The number of benzene rings is 1. The van der Waals surface area contributed by atoms with Gasteiger partial charge in [0.15, 0.2) is 0 Å². The van der Waals surface area contributed by atoms with Gasteiger partial charge in [0.05, 0.1) is 0 Å². The maximum absolute atomic E-state index is 4.13. The van der Waals surface area contributed by atoms with E-state index in [1.807, 2.05) is 0 Å². The first-order valence-electron chi connectivity index (χ1n) is 7.73. The van der Waals surface area contributed by atoms with Gasteiger partial charge in [-0.3, -0.25) is 0 Å². The van der Waals surface area contributed by atoms with E-state index in [9.17, 15) is 0 Å². The van der Waals surface area contributed by atoms with Crippen molar-refractivity contribution in [2.75, 3.05) is 19.6 Å². The Hall–Kier alpha value is -1.34. The van der Waals surface area contributed by atoms with Crippen molar-refractivity contribution < 1.29 is 0 Å². The van der Waals surface area contributed by atoms with Crippen LogP contribution in [-0.4, -0.2) is 24.5 Å². The van der Waals surface area contributed by atoms with Crippen LogP contribution in [0.2, 0.25) is 0 Å². The Morgan fingerprint density at radius 2 is 1.85 bits per heavy atom. The molecule has 1 aromatic carbocycles. The largest absolute Gasteiger partial charge is 0.303 e. The van der Waals surface area contributed by atoms with Crippen molar-refractivity contribution in [3.63, 3.8) is 0 Å². The SMILES string of the molecule is C=CC1(c2ccc(C(=C)C)cc2)CCN(CCC)CC1. The van der Waals surface area contributed by atoms with Crippen LogP contribution in [0.15, 0.2) is 43.5 Å². The Bertz CT molecular complexity index is 461. The Morgan fingerprint density at radius 1 is 1.25 bits per heavy atom. The first kappa shape index (κ1) is 15.1. The number of hydrogen-bond donors (Lipinski definition) is 0. The summed E-state index contributed by atoms with van der Waals surface area (Å²) in [5, 5.41) is 0.